The van der Waals surface area contributed by atoms with E-state index >= 15 is 0 Å². The van der Waals surface area contributed by atoms with Crippen LogP contribution in [-0.2, 0) is 9.59 Å². The number of nitrogens with zero attached hydrogens (tertiary/aromatic N) is 1. The van der Waals surface area contributed by atoms with Crippen LogP contribution in [0.5, 0.6) is 0 Å². The van der Waals surface area contributed by atoms with Crippen molar-refractivity contribution < 1.29 is 14.7 Å². The summed E-state index contributed by atoms with van der Waals surface area (Å²) >= 11 is 0. The van der Waals surface area contributed by atoms with Crippen LogP contribution < -0.4 is 5.73 Å². The zero-order valence-electron chi connectivity index (χ0n) is 8.49. The van der Waals surface area contributed by atoms with Gasteiger partial charge in [0, 0.05) is 6.54 Å². The van der Waals surface area contributed by atoms with Gasteiger partial charge in [-0.1, -0.05) is 0 Å². The molecule has 0 bridgehead atoms. The van der Waals surface area contributed by atoms with E-state index in [1.165, 1.54) is 4.90 Å². The van der Waals surface area contributed by atoms with Crippen molar-refractivity contribution in [2.45, 2.75) is 38.3 Å². The Hall–Kier alpha value is -1.10. The molecule has 5 heteroatoms. The van der Waals surface area contributed by atoms with Crippen molar-refractivity contribution in [3.8, 4) is 0 Å². The number of hydrogen-bond donors (Lipinski definition) is 2. The predicted octanol–water partition coefficient (Wildman–Crippen LogP) is -0.201. The highest BCUT2D eigenvalue weighted by atomic mass is 16.4. The maximum absolute atomic E-state index is 11.6. The molecule has 0 aromatic rings. The Labute approximate surface area is 82.9 Å². The van der Waals surface area contributed by atoms with Gasteiger partial charge < -0.3 is 15.7 Å². The number of rotatable bonds is 2. The maximum atomic E-state index is 11.6. The molecule has 0 aliphatic carbocycles. The topological polar surface area (TPSA) is 83.6 Å². The summed E-state index contributed by atoms with van der Waals surface area (Å²) in [4.78, 5) is 24.0. The molecular weight excluding hydrogens is 184 g/mol. The van der Waals surface area contributed by atoms with Crippen molar-refractivity contribution in [1.82, 2.24) is 4.90 Å². The number of carbonyl (C=O) groups is 2. The summed E-state index contributed by atoms with van der Waals surface area (Å²) in [5, 5.41) is 9.04. The van der Waals surface area contributed by atoms with Gasteiger partial charge in [0.25, 0.3) is 0 Å². The average molecular weight is 200 g/mol. The van der Waals surface area contributed by atoms with Crippen molar-refractivity contribution >= 4 is 11.9 Å². The van der Waals surface area contributed by atoms with Gasteiger partial charge in [-0.25, -0.2) is 4.79 Å². The fourth-order valence-corrected chi connectivity index (χ4v) is 1.78. The molecule has 0 aromatic carbocycles. The van der Waals surface area contributed by atoms with Gasteiger partial charge in [-0.3, -0.25) is 4.79 Å². The molecule has 3 N–H and O–H groups in total. The summed E-state index contributed by atoms with van der Waals surface area (Å²) in [6.45, 7) is 3.63. The Morgan fingerprint density at radius 2 is 2.14 bits per heavy atom. The first-order chi connectivity index (χ1) is 6.39. The number of carboxylic acid groups (broad SMARTS) is 1. The van der Waals surface area contributed by atoms with Crippen LogP contribution in [-0.4, -0.2) is 40.0 Å². The van der Waals surface area contributed by atoms with Gasteiger partial charge in [0.1, 0.15) is 5.54 Å². The second kappa shape index (κ2) is 3.57. The van der Waals surface area contributed by atoms with E-state index in [-0.39, 0.29) is 5.91 Å². The Bertz CT molecular complexity index is 265. The summed E-state index contributed by atoms with van der Waals surface area (Å²) in [6.07, 6.45) is 1.22. The van der Waals surface area contributed by atoms with Crippen molar-refractivity contribution in [1.29, 1.82) is 0 Å². The number of likely N-dealkylation sites (tertiary alicyclic amines) is 1. The van der Waals surface area contributed by atoms with Gasteiger partial charge in [-0.05, 0) is 26.7 Å². The molecule has 1 amide bonds. The number of aliphatic carboxylic acids is 1. The molecule has 1 rings (SSSR count). The van der Waals surface area contributed by atoms with E-state index in [2.05, 4.69) is 0 Å². The molecule has 5 nitrogen and oxygen atoms in total. The number of hydrogen-bond acceptors (Lipinski definition) is 3. The number of nitrogens with two attached hydrogens (primary N) is 1. The van der Waals surface area contributed by atoms with Gasteiger partial charge >= 0.3 is 5.97 Å². The first kappa shape index (κ1) is 11.0. The molecule has 1 fully saturated rings. The summed E-state index contributed by atoms with van der Waals surface area (Å²) in [5.41, 5.74) is 4.39. The summed E-state index contributed by atoms with van der Waals surface area (Å²) in [7, 11) is 0. The SMILES string of the molecule is CC(N)C(=O)N1CCCC1(C)C(=O)O. The summed E-state index contributed by atoms with van der Waals surface area (Å²) in [6, 6.07) is -0.633. The van der Waals surface area contributed by atoms with Crippen molar-refractivity contribution in [3.05, 3.63) is 0 Å². The van der Waals surface area contributed by atoms with Crippen LogP contribution in [0, 0.1) is 0 Å². The number of carbonyl (C=O) groups excluding carboxylic acids is 1. The lowest BCUT2D eigenvalue weighted by atomic mass is 9.99. The minimum Gasteiger partial charge on any atom is -0.480 e. The number of amides is 1. The van der Waals surface area contributed by atoms with Crippen LogP contribution >= 0.6 is 0 Å². The Morgan fingerprint density at radius 1 is 1.57 bits per heavy atom. The summed E-state index contributed by atoms with van der Waals surface area (Å²) < 4.78 is 0. The van der Waals surface area contributed by atoms with Gasteiger partial charge in [-0.15, -0.1) is 0 Å². The smallest absolute Gasteiger partial charge is 0.329 e. The van der Waals surface area contributed by atoms with Crippen LogP contribution in [0.1, 0.15) is 26.7 Å². The standard InChI is InChI=1S/C9H16N2O3/c1-6(10)7(12)11-5-3-4-9(11,2)8(13)14/h6H,3-5,10H2,1-2H3,(H,13,14). The van der Waals surface area contributed by atoms with Crippen LogP contribution in [0.15, 0.2) is 0 Å². The first-order valence-corrected chi connectivity index (χ1v) is 4.70. The zero-order valence-corrected chi connectivity index (χ0v) is 8.49. The predicted molar refractivity (Wildman–Crippen MR) is 50.6 cm³/mol. The lowest BCUT2D eigenvalue weighted by molar-refractivity contribution is -0.155. The maximum Gasteiger partial charge on any atom is 0.329 e. The van der Waals surface area contributed by atoms with Crippen LogP contribution in [0.4, 0.5) is 0 Å². The van der Waals surface area contributed by atoms with Crippen molar-refractivity contribution in [2.75, 3.05) is 6.54 Å². The molecule has 80 valence electrons. The van der Waals surface area contributed by atoms with E-state index in [0.717, 1.165) is 6.42 Å². The normalized spacial score (nSPS) is 28.9. The Morgan fingerprint density at radius 3 is 2.57 bits per heavy atom. The molecule has 0 saturated carbocycles. The van der Waals surface area contributed by atoms with Gasteiger partial charge in [0.15, 0.2) is 0 Å². The van der Waals surface area contributed by atoms with E-state index in [1.807, 2.05) is 0 Å². The Balaban J connectivity index is 2.89. The molecule has 1 aliphatic rings. The lowest BCUT2D eigenvalue weighted by Gasteiger charge is -2.32. The fraction of sp³-hybridized carbons (Fsp3) is 0.778. The third-order valence-electron chi connectivity index (χ3n) is 2.76. The monoisotopic (exact) mass is 200 g/mol. The third kappa shape index (κ3) is 1.59. The molecule has 1 heterocycles. The van der Waals surface area contributed by atoms with E-state index in [9.17, 15) is 9.59 Å². The van der Waals surface area contributed by atoms with Crippen LogP contribution in [0.25, 0.3) is 0 Å². The van der Waals surface area contributed by atoms with Gasteiger partial charge in [0.2, 0.25) is 5.91 Å². The molecule has 1 aliphatic heterocycles. The quantitative estimate of drug-likeness (QED) is 0.646. The van der Waals surface area contributed by atoms with Crippen LogP contribution in [0.3, 0.4) is 0 Å². The third-order valence-corrected chi connectivity index (χ3v) is 2.76. The fourth-order valence-electron chi connectivity index (χ4n) is 1.78. The highest BCUT2D eigenvalue weighted by Crippen LogP contribution is 2.29. The molecule has 0 radical (unpaired) electrons. The largest absolute Gasteiger partial charge is 0.480 e. The number of carboxylic acids is 1. The van der Waals surface area contributed by atoms with E-state index in [4.69, 9.17) is 10.8 Å². The van der Waals surface area contributed by atoms with Crippen molar-refractivity contribution in [2.24, 2.45) is 5.73 Å². The molecule has 1 saturated heterocycles. The van der Waals surface area contributed by atoms with Gasteiger partial charge in [0.05, 0.1) is 6.04 Å². The summed E-state index contributed by atoms with van der Waals surface area (Å²) in [5.74, 6) is -1.24. The highest BCUT2D eigenvalue weighted by molar-refractivity contribution is 5.89. The Kier molecular flexibility index (Phi) is 2.80. The van der Waals surface area contributed by atoms with Gasteiger partial charge in [-0.2, -0.15) is 0 Å². The molecular formula is C9H16N2O3. The molecule has 0 spiro atoms. The minimum absolute atomic E-state index is 0.285. The van der Waals surface area contributed by atoms with Crippen molar-refractivity contribution in [3.63, 3.8) is 0 Å². The molecule has 0 aromatic heterocycles. The van der Waals surface area contributed by atoms with E-state index < -0.39 is 17.6 Å². The highest BCUT2D eigenvalue weighted by Gasteiger charge is 2.46. The second-order valence-electron chi connectivity index (χ2n) is 3.96. The van der Waals surface area contributed by atoms with E-state index in [1.54, 1.807) is 13.8 Å². The molecule has 14 heavy (non-hydrogen) atoms. The minimum atomic E-state index is -1.06. The zero-order chi connectivity index (χ0) is 10.9. The lowest BCUT2D eigenvalue weighted by Crippen LogP contribution is -2.54. The molecule has 2 atom stereocenters. The second-order valence-corrected chi connectivity index (χ2v) is 3.96. The average Bonchev–Trinajstić information content (AvgIpc) is 2.47. The molecule has 2 unspecified atom stereocenters. The van der Waals surface area contributed by atoms with E-state index in [0.29, 0.717) is 13.0 Å². The first-order valence-electron chi connectivity index (χ1n) is 4.70. The van der Waals surface area contributed by atoms with Crippen LogP contribution in [0.2, 0.25) is 0 Å².